The summed E-state index contributed by atoms with van der Waals surface area (Å²) in [6, 6.07) is 0. The summed E-state index contributed by atoms with van der Waals surface area (Å²) in [7, 11) is 0. The minimum atomic E-state index is -0.334. The molecule has 17 heavy (non-hydrogen) atoms. The van der Waals surface area contributed by atoms with E-state index in [2.05, 4.69) is 9.97 Å². The molecular weight excluding hydrogens is 220 g/mol. The Morgan fingerprint density at radius 1 is 1.53 bits per heavy atom. The highest BCUT2D eigenvalue weighted by Gasteiger charge is 2.24. The smallest absolute Gasteiger partial charge is 0.290 e. The molecule has 2 rings (SSSR count). The Bertz CT molecular complexity index is 455. The number of fused-ring (bicyclic) bond motifs is 1. The first-order valence-electron chi connectivity index (χ1n) is 5.08. The summed E-state index contributed by atoms with van der Waals surface area (Å²) in [5.74, 6) is 1.25. The second-order valence-corrected chi connectivity index (χ2v) is 4.14. The van der Waals surface area contributed by atoms with Gasteiger partial charge in [-0.05, 0) is 26.3 Å². The van der Waals surface area contributed by atoms with Gasteiger partial charge < -0.3 is 16.6 Å². The molecule has 1 atom stereocenters. The molecule has 92 valence electrons. The molecule has 1 aromatic rings. The molecule has 1 unspecified atom stereocenters. The fourth-order valence-corrected chi connectivity index (χ4v) is 1.67. The van der Waals surface area contributed by atoms with E-state index < -0.39 is 0 Å². The van der Waals surface area contributed by atoms with E-state index in [0.29, 0.717) is 18.1 Å². The summed E-state index contributed by atoms with van der Waals surface area (Å²) in [6.45, 7) is 3.55. The molecule has 0 saturated heterocycles. The van der Waals surface area contributed by atoms with E-state index in [4.69, 9.17) is 21.4 Å². The van der Waals surface area contributed by atoms with E-state index in [-0.39, 0.29) is 12.0 Å². The van der Waals surface area contributed by atoms with Gasteiger partial charge in [-0.2, -0.15) is 0 Å². The van der Waals surface area contributed by atoms with E-state index in [1.54, 1.807) is 0 Å². The van der Waals surface area contributed by atoms with E-state index in [1.165, 1.54) is 0 Å². The van der Waals surface area contributed by atoms with Crippen molar-refractivity contribution in [3.05, 3.63) is 23.2 Å². The number of nitrogens with two attached hydrogens (primary N) is 2. The van der Waals surface area contributed by atoms with Crippen LogP contribution in [0.3, 0.4) is 0 Å². The monoisotopic (exact) mass is 236 g/mol. The lowest BCUT2D eigenvalue weighted by Crippen LogP contribution is -2.38. The Morgan fingerprint density at radius 2 is 2.12 bits per heavy atom. The van der Waals surface area contributed by atoms with Gasteiger partial charge in [0.15, 0.2) is 0 Å². The number of carbonyl (C=O) groups is 1. The Morgan fingerprint density at radius 3 is 2.71 bits per heavy atom. The number of nitrogen functional groups attached to an aromatic ring is 1. The molecular formula is C11H16N4O2. The first kappa shape index (κ1) is 13.1. The van der Waals surface area contributed by atoms with Crippen molar-refractivity contribution in [3.63, 3.8) is 0 Å². The van der Waals surface area contributed by atoms with E-state index >= 15 is 0 Å². The highest BCUT2D eigenvalue weighted by molar-refractivity contribution is 5.61. The van der Waals surface area contributed by atoms with E-state index in [9.17, 15) is 0 Å². The Hall–Kier alpha value is -1.95. The summed E-state index contributed by atoms with van der Waals surface area (Å²) in [5, 5.41) is 6.89. The lowest BCUT2D eigenvalue weighted by atomic mass is 9.88. The van der Waals surface area contributed by atoms with Crippen LogP contribution in [0.15, 0.2) is 6.08 Å². The summed E-state index contributed by atoms with van der Waals surface area (Å²) >= 11 is 0. The minimum Gasteiger partial charge on any atom is -0.483 e. The zero-order valence-corrected chi connectivity index (χ0v) is 9.84. The molecule has 6 nitrogen and oxygen atoms in total. The molecule has 1 aliphatic carbocycles. The van der Waals surface area contributed by atoms with Crippen molar-refractivity contribution in [3.8, 4) is 0 Å². The summed E-state index contributed by atoms with van der Waals surface area (Å²) in [4.78, 5) is 16.8. The molecule has 0 aromatic carbocycles. The minimum absolute atomic E-state index is 0.250. The maximum absolute atomic E-state index is 8.36. The molecule has 0 radical (unpaired) electrons. The van der Waals surface area contributed by atoms with Gasteiger partial charge in [-0.15, -0.1) is 0 Å². The molecule has 1 aliphatic rings. The van der Waals surface area contributed by atoms with Crippen molar-refractivity contribution in [2.24, 2.45) is 5.73 Å². The first-order chi connectivity index (χ1) is 7.89. The molecule has 1 heterocycles. The summed E-state index contributed by atoms with van der Waals surface area (Å²) < 4.78 is 0. The number of carboxylic acid groups (broad SMARTS) is 1. The average Bonchev–Trinajstić information content (AvgIpc) is 2.20. The fourth-order valence-electron chi connectivity index (χ4n) is 1.67. The van der Waals surface area contributed by atoms with Crippen molar-refractivity contribution >= 4 is 18.4 Å². The predicted octanol–water partition coefficient (Wildman–Crippen LogP) is 0.355. The Kier molecular flexibility index (Phi) is 3.80. The second-order valence-electron chi connectivity index (χ2n) is 4.14. The average molecular weight is 236 g/mol. The van der Waals surface area contributed by atoms with Crippen molar-refractivity contribution in [1.29, 1.82) is 0 Å². The Balaban J connectivity index is 0.000000437. The molecule has 0 aliphatic heterocycles. The van der Waals surface area contributed by atoms with Crippen LogP contribution in [-0.2, 0) is 11.2 Å². The number of aryl methyl sites for hydroxylation is 1. The highest BCUT2D eigenvalue weighted by atomic mass is 16.3. The van der Waals surface area contributed by atoms with Gasteiger partial charge in [0.2, 0.25) is 0 Å². The van der Waals surface area contributed by atoms with Gasteiger partial charge in [0.05, 0.1) is 5.69 Å². The number of anilines is 1. The molecule has 0 fully saturated rings. The number of aromatic nitrogens is 2. The SMILES string of the molecule is Cc1nc(N)c2c(n1)C=CC(C)(N)C2.O=CO. The van der Waals surface area contributed by atoms with Gasteiger partial charge in [0.25, 0.3) is 6.47 Å². The van der Waals surface area contributed by atoms with Gasteiger partial charge in [-0.3, -0.25) is 4.79 Å². The van der Waals surface area contributed by atoms with Gasteiger partial charge in [-0.25, -0.2) is 9.97 Å². The molecule has 0 amide bonds. The first-order valence-corrected chi connectivity index (χ1v) is 5.08. The fraction of sp³-hybridized carbons (Fsp3) is 0.364. The van der Waals surface area contributed by atoms with Crippen LogP contribution in [0.5, 0.6) is 0 Å². The van der Waals surface area contributed by atoms with Gasteiger partial charge in [0.1, 0.15) is 11.6 Å². The van der Waals surface area contributed by atoms with Gasteiger partial charge in [-0.1, -0.05) is 6.08 Å². The van der Waals surface area contributed by atoms with Crippen molar-refractivity contribution < 1.29 is 9.90 Å². The maximum atomic E-state index is 8.36. The third-order valence-corrected chi connectivity index (χ3v) is 2.36. The third kappa shape index (κ3) is 3.25. The van der Waals surface area contributed by atoms with Crippen LogP contribution in [0.2, 0.25) is 0 Å². The van der Waals surface area contributed by atoms with Crippen LogP contribution < -0.4 is 11.5 Å². The number of nitrogens with zero attached hydrogens (tertiary/aromatic N) is 2. The van der Waals surface area contributed by atoms with Crippen LogP contribution in [-0.4, -0.2) is 27.1 Å². The standard InChI is InChI=1S/C10H14N4.CH2O2/c1-6-13-8-3-4-10(2,12)5-7(8)9(11)14-6;2-1-3/h3-4H,5,12H2,1-2H3,(H2,11,13,14);1H,(H,2,3). The highest BCUT2D eigenvalue weighted by Crippen LogP contribution is 2.25. The topological polar surface area (TPSA) is 115 Å². The molecule has 1 aromatic heterocycles. The second kappa shape index (κ2) is 4.92. The zero-order valence-electron chi connectivity index (χ0n) is 9.84. The maximum Gasteiger partial charge on any atom is 0.290 e. The van der Waals surface area contributed by atoms with Crippen LogP contribution >= 0.6 is 0 Å². The number of hydrogen-bond donors (Lipinski definition) is 3. The molecule has 0 spiro atoms. The molecule has 0 saturated carbocycles. The predicted molar refractivity (Wildman–Crippen MR) is 65.2 cm³/mol. The van der Waals surface area contributed by atoms with Crippen molar-refractivity contribution in [1.82, 2.24) is 9.97 Å². The number of rotatable bonds is 0. The lowest BCUT2D eigenvalue weighted by molar-refractivity contribution is -0.122. The quantitative estimate of drug-likeness (QED) is 0.560. The third-order valence-electron chi connectivity index (χ3n) is 2.36. The van der Waals surface area contributed by atoms with Crippen LogP contribution in [0.1, 0.15) is 24.0 Å². The zero-order chi connectivity index (χ0) is 13.1. The van der Waals surface area contributed by atoms with Crippen LogP contribution in [0.4, 0.5) is 5.82 Å². The lowest BCUT2D eigenvalue weighted by Gasteiger charge is -2.25. The molecule has 0 bridgehead atoms. The van der Waals surface area contributed by atoms with Gasteiger partial charge in [0, 0.05) is 11.1 Å². The van der Waals surface area contributed by atoms with Gasteiger partial charge >= 0.3 is 0 Å². The van der Waals surface area contributed by atoms with Crippen LogP contribution in [0, 0.1) is 6.92 Å². The number of hydrogen-bond acceptors (Lipinski definition) is 5. The summed E-state index contributed by atoms with van der Waals surface area (Å²) in [6.07, 6.45) is 4.58. The van der Waals surface area contributed by atoms with E-state index in [0.717, 1.165) is 11.3 Å². The molecule has 5 N–H and O–H groups in total. The normalized spacial score (nSPS) is 21.1. The summed E-state index contributed by atoms with van der Waals surface area (Å²) in [5.41, 5.74) is 13.4. The van der Waals surface area contributed by atoms with Crippen molar-refractivity contribution in [2.45, 2.75) is 25.8 Å². The van der Waals surface area contributed by atoms with E-state index in [1.807, 2.05) is 26.0 Å². The van der Waals surface area contributed by atoms with Crippen molar-refractivity contribution in [2.75, 3.05) is 5.73 Å². The molecule has 6 heteroatoms. The largest absolute Gasteiger partial charge is 0.483 e. The van der Waals surface area contributed by atoms with Crippen LogP contribution in [0.25, 0.3) is 6.08 Å². The Labute approximate surface area is 99.4 Å².